The van der Waals surface area contributed by atoms with Gasteiger partial charge in [-0.05, 0) is 49.4 Å². The van der Waals surface area contributed by atoms with Crippen LogP contribution in [-0.2, 0) is 9.53 Å². The maximum absolute atomic E-state index is 13.0. The van der Waals surface area contributed by atoms with Gasteiger partial charge in [0.25, 0.3) is 5.91 Å². The van der Waals surface area contributed by atoms with Gasteiger partial charge in [0.05, 0.1) is 6.61 Å². The summed E-state index contributed by atoms with van der Waals surface area (Å²) in [5, 5.41) is 9.57. The number of nitrogens with zero attached hydrogens (tertiary/aromatic N) is 1. The first kappa shape index (κ1) is 17.7. The summed E-state index contributed by atoms with van der Waals surface area (Å²) < 4.78 is 10.4. The number of methoxy groups -OCH3 is 1. The van der Waals surface area contributed by atoms with Gasteiger partial charge in [-0.15, -0.1) is 0 Å². The van der Waals surface area contributed by atoms with Crippen LogP contribution in [0.5, 0.6) is 5.75 Å². The lowest BCUT2D eigenvalue weighted by atomic mass is 9.84. The van der Waals surface area contributed by atoms with Gasteiger partial charge < -0.3 is 19.5 Å². The monoisotopic (exact) mass is 347 g/mol. The second kappa shape index (κ2) is 7.87. The summed E-state index contributed by atoms with van der Waals surface area (Å²) in [6.45, 7) is 0.943. The molecule has 1 aliphatic carbocycles. The largest absolute Gasteiger partial charge is 0.491 e. The molecule has 1 amide bonds. The van der Waals surface area contributed by atoms with E-state index in [9.17, 15) is 14.7 Å². The number of amides is 1. The fourth-order valence-corrected chi connectivity index (χ4v) is 4.06. The van der Waals surface area contributed by atoms with E-state index in [4.69, 9.17) is 9.47 Å². The number of fused-ring (bicyclic) bond motifs is 1. The Labute approximate surface area is 147 Å². The molecule has 3 rings (SSSR count). The van der Waals surface area contributed by atoms with Crippen LogP contribution in [0.3, 0.4) is 0 Å². The molecule has 25 heavy (non-hydrogen) atoms. The third-order valence-electron chi connectivity index (χ3n) is 5.27. The van der Waals surface area contributed by atoms with Crippen LogP contribution >= 0.6 is 0 Å². The molecule has 0 aromatic heterocycles. The van der Waals surface area contributed by atoms with Gasteiger partial charge in [0.15, 0.2) is 0 Å². The minimum atomic E-state index is -0.901. The summed E-state index contributed by atoms with van der Waals surface area (Å²) in [5.74, 6) is -0.108. The van der Waals surface area contributed by atoms with Crippen molar-refractivity contribution in [3.8, 4) is 5.75 Å². The molecule has 3 atom stereocenters. The Morgan fingerprint density at radius 3 is 2.56 bits per heavy atom. The second-order valence-electron chi connectivity index (χ2n) is 6.78. The van der Waals surface area contributed by atoms with Crippen molar-refractivity contribution in [2.45, 2.75) is 44.2 Å². The predicted octanol–water partition coefficient (Wildman–Crippen LogP) is 2.57. The molecule has 2 aliphatic rings. The fraction of sp³-hybridized carbons (Fsp3) is 0.579. The predicted molar refractivity (Wildman–Crippen MR) is 91.8 cm³/mol. The number of hydrogen-bond donors (Lipinski definition) is 1. The Morgan fingerprint density at radius 2 is 1.88 bits per heavy atom. The lowest BCUT2D eigenvalue weighted by Crippen LogP contribution is -2.46. The zero-order chi connectivity index (χ0) is 17.8. The van der Waals surface area contributed by atoms with Crippen molar-refractivity contribution in [1.29, 1.82) is 0 Å². The van der Waals surface area contributed by atoms with Crippen LogP contribution in [0.25, 0.3) is 0 Å². The van der Waals surface area contributed by atoms with E-state index in [0.29, 0.717) is 36.9 Å². The summed E-state index contributed by atoms with van der Waals surface area (Å²) in [4.78, 5) is 26.3. The first-order valence-corrected chi connectivity index (χ1v) is 8.89. The number of hydrogen-bond acceptors (Lipinski definition) is 4. The molecule has 0 spiro atoms. The van der Waals surface area contributed by atoms with Crippen molar-refractivity contribution in [2.24, 2.45) is 5.92 Å². The molecule has 1 aromatic carbocycles. The molecular formula is C19H25NO5. The number of aliphatic carboxylic acids is 1. The van der Waals surface area contributed by atoms with Crippen molar-refractivity contribution in [2.75, 3.05) is 20.3 Å². The van der Waals surface area contributed by atoms with E-state index in [1.165, 1.54) is 0 Å². The molecule has 1 heterocycles. The van der Waals surface area contributed by atoms with E-state index in [1.807, 2.05) is 0 Å². The van der Waals surface area contributed by atoms with Gasteiger partial charge in [-0.1, -0.05) is 12.8 Å². The summed E-state index contributed by atoms with van der Waals surface area (Å²) in [6.07, 6.45) is 4.68. The van der Waals surface area contributed by atoms with Crippen LogP contribution in [-0.4, -0.2) is 54.3 Å². The maximum Gasteiger partial charge on any atom is 0.326 e. The van der Waals surface area contributed by atoms with Gasteiger partial charge in [0.1, 0.15) is 18.4 Å². The Kier molecular flexibility index (Phi) is 5.58. The maximum atomic E-state index is 13.0. The number of likely N-dealkylation sites (tertiary alicyclic amines) is 1. The van der Waals surface area contributed by atoms with Crippen LogP contribution in [0.4, 0.5) is 0 Å². The van der Waals surface area contributed by atoms with Crippen LogP contribution in [0, 0.1) is 5.92 Å². The van der Waals surface area contributed by atoms with Gasteiger partial charge >= 0.3 is 5.97 Å². The molecule has 0 bridgehead atoms. The van der Waals surface area contributed by atoms with E-state index < -0.39 is 12.0 Å². The molecule has 136 valence electrons. The van der Waals surface area contributed by atoms with Crippen LogP contribution < -0.4 is 4.74 Å². The molecule has 1 aromatic rings. The van der Waals surface area contributed by atoms with Crippen molar-refractivity contribution in [1.82, 2.24) is 4.90 Å². The van der Waals surface area contributed by atoms with Gasteiger partial charge in [-0.25, -0.2) is 4.79 Å². The molecule has 1 saturated heterocycles. The summed E-state index contributed by atoms with van der Waals surface area (Å²) in [5.41, 5.74) is 0.511. The lowest BCUT2D eigenvalue weighted by molar-refractivity contribution is -0.141. The smallest absolute Gasteiger partial charge is 0.326 e. The molecule has 0 radical (unpaired) electrons. The van der Waals surface area contributed by atoms with Crippen LogP contribution in [0.2, 0.25) is 0 Å². The third kappa shape index (κ3) is 3.79. The lowest BCUT2D eigenvalue weighted by Gasteiger charge is -2.33. The average Bonchev–Trinajstić information content (AvgIpc) is 3.02. The highest BCUT2D eigenvalue weighted by atomic mass is 16.5. The number of benzene rings is 1. The normalized spacial score (nSPS) is 25.5. The molecule has 1 N–H and O–H groups in total. The molecule has 1 aliphatic heterocycles. The van der Waals surface area contributed by atoms with E-state index in [0.717, 1.165) is 25.7 Å². The number of ether oxygens (including phenoxy) is 2. The Balaban J connectivity index is 1.74. The SMILES string of the molecule is COCCOc1ccc(C(=O)N2[C@H](C(=O)O)C[C@@H]3CCCC[C@@H]32)cc1. The van der Waals surface area contributed by atoms with E-state index in [2.05, 4.69) is 0 Å². The number of carboxylic acid groups (broad SMARTS) is 1. The molecule has 1 saturated carbocycles. The molecule has 2 fully saturated rings. The molecule has 6 heteroatoms. The quantitative estimate of drug-likeness (QED) is 0.801. The summed E-state index contributed by atoms with van der Waals surface area (Å²) in [7, 11) is 1.61. The first-order valence-electron chi connectivity index (χ1n) is 8.89. The third-order valence-corrected chi connectivity index (χ3v) is 5.27. The van der Waals surface area contributed by atoms with Crippen molar-refractivity contribution in [3.05, 3.63) is 29.8 Å². The highest BCUT2D eigenvalue weighted by Gasteiger charge is 2.47. The fourth-order valence-electron chi connectivity index (χ4n) is 4.06. The Hall–Kier alpha value is -2.08. The van der Waals surface area contributed by atoms with E-state index in [1.54, 1.807) is 36.3 Å². The molecule has 6 nitrogen and oxygen atoms in total. The first-order chi connectivity index (χ1) is 12.1. The minimum Gasteiger partial charge on any atom is -0.491 e. The van der Waals surface area contributed by atoms with Crippen LogP contribution in [0.15, 0.2) is 24.3 Å². The highest BCUT2D eigenvalue weighted by Crippen LogP contribution is 2.40. The van der Waals surface area contributed by atoms with Gasteiger partial charge in [-0.3, -0.25) is 4.79 Å². The minimum absolute atomic E-state index is 0.0555. The molecular weight excluding hydrogens is 322 g/mol. The van der Waals surface area contributed by atoms with Gasteiger partial charge in [0.2, 0.25) is 0 Å². The highest BCUT2D eigenvalue weighted by molar-refractivity contribution is 5.97. The summed E-state index contributed by atoms with van der Waals surface area (Å²) >= 11 is 0. The molecule has 0 unspecified atom stereocenters. The standard InChI is InChI=1S/C19H25NO5/c1-24-10-11-25-15-8-6-13(7-9-15)18(21)20-16-5-3-2-4-14(16)12-17(20)19(22)23/h6-9,14,16-17H,2-5,10-12H2,1H3,(H,22,23)/t14-,16-,17-/m0/s1. The topological polar surface area (TPSA) is 76.1 Å². The van der Waals surface area contributed by atoms with E-state index >= 15 is 0 Å². The Bertz CT molecular complexity index is 615. The number of rotatable bonds is 6. The average molecular weight is 347 g/mol. The van der Waals surface area contributed by atoms with Gasteiger partial charge in [0, 0.05) is 18.7 Å². The Morgan fingerprint density at radius 1 is 1.16 bits per heavy atom. The zero-order valence-corrected chi connectivity index (χ0v) is 14.5. The number of carbonyl (C=O) groups is 2. The van der Waals surface area contributed by atoms with E-state index in [-0.39, 0.29) is 11.9 Å². The zero-order valence-electron chi connectivity index (χ0n) is 14.5. The van der Waals surface area contributed by atoms with Crippen LogP contribution in [0.1, 0.15) is 42.5 Å². The second-order valence-corrected chi connectivity index (χ2v) is 6.78. The number of carbonyl (C=O) groups excluding carboxylic acids is 1. The van der Waals surface area contributed by atoms with Gasteiger partial charge in [-0.2, -0.15) is 0 Å². The van der Waals surface area contributed by atoms with Crippen molar-refractivity contribution >= 4 is 11.9 Å². The number of carboxylic acids is 1. The van der Waals surface area contributed by atoms with Crippen molar-refractivity contribution < 1.29 is 24.2 Å². The summed E-state index contributed by atoms with van der Waals surface area (Å²) in [6, 6.07) is 6.25. The van der Waals surface area contributed by atoms with Crippen molar-refractivity contribution in [3.63, 3.8) is 0 Å².